The summed E-state index contributed by atoms with van der Waals surface area (Å²) < 4.78 is 9.01. The number of benzene rings is 1. The number of rotatable bonds is 4. The highest BCUT2D eigenvalue weighted by Crippen LogP contribution is 2.31. The lowest BCUT2D eigenvalue weighted by atomic mass is 9.94. The fourth-order valence-corrected chi connectivity index (χ4v) is 5.07. The van der Waals surface area contributed by atoms with Gasteiger partial charge in [0.1, 0.15) is 12.4 Å². The zero-order valence-electron chi connectivity index (χ0n) is 9.89. The van der Waals surface area contributed by atoms with Gasteiger partial charge in [0.05, 0.1) is 12.6 Å². The lowest BCUT2D eigenvalue weighted by Crippen LogP contribution is -2.44. The summed E-state index contributed by atoms with van der Waals surface area (Å²) in [5.41, 5.74) is 1.49. The van der Waals surface area contributed by atoms with E-state index in [4.69, 9.17) is 10.6 Å². The number of hydrogen-bond acceptors (Lipinski definition) is 3. The summed E-state index contributed by atoms with van der Waals surface area (Å²) in [6.45, 7) is 3.87. The van der Waals surface area contributed by atoms with Crippen LogP contribution in [-0.2, 0) is 4.79 Å². The molecule has 0 heterocycles. The average molecular weight is 586 g/mol. The molecule has 0 aromatic heterocycles. The third-order valence-corrected chi connectivity index (χ3v) is 4.51. The van der Waals surface area contributed by atoms with Gasteiger partial charge in [0, 0.05) is 3.57 Å². The number of hydrogen-bond donors (Lipinski definition) is 2. The first kappa shape index (κ1) is 16.7. The predicted octanol–water partition coefficient (Wildman–Crippen LogP) is 2.90. The largest absolute Gasteiger partial charge is 0.490 e. The first-order valence-electron chi connectivity index (χ1n) is 5.06. The van der Waals surface area contributed by atoms with Crippen LogP contribution in [0.15, 0.2) is 12.1 Å². The van der Waals surface area contributed by atoms with Crippen LogP contribution >= 0.6 is 67.8 Å². The number of hydrazine groups is 1. The van der Waals surface area contributed by atoms with Crippen molar-refractivity contribution in [2.75, 3.05) is 6.61 Å². The van der Waals surface area contributed by atoms with Crippen LogP contribution in [0.25, 0.3) is 0 Å². The van der Waals surface area contributed by atoms with E-state index in [9.17, 15) is 4.79 Å². The van der Waals surface area contributed by atoms with Gasteiger partial charge < -0.3 is 4.74 Å². The second kappa shape index (κ2) is 6.88. The van der Waals surface area contributed by atoms with Crippen molar-refractivity contribution in [3.8, 4) is 5.75 Å². The smallest absolute Gasteiger partial charge is 0.242 e. The maximum atomic E-state index is 11.6. The molecule has 0 atom stereocenters. The Labute approximate surface area is 147 Å². The molecule has 0 radical (unpaired) electrons. The van der Waals surface area contributed by atoms with Gasteiger partial charge in [-0.1, -0.05) is 0 Å². The maximum absolute atomic E-state index is 11.6. The van der Waals surface area contributed by atoms with Gasteiger partial charge in [-0.3, -0.25) is 10.2 Å². The van der Waals surface area contributed by atoms with E-state index >= 15 is 0 Å². The molecule has 3 N–H and O–H groups in total. The fourth-order valence-electron chi connectivity index (χ4n) is 1.18. The third kappa shape index (κ3) is 4.34. The normalized spacial score (nSPS) is 11.2. The van der Waals surface area contributed by atoms with E-state index in [1.54, 1.807) is 13.8 Å². The van der Waals surface area contributed by atoms with E-state index in [1.165, 1.54) is 0 Å². The van der Waals surface area contributed by atoms with Crippen molar-refractivity contribution in [1.82, 2.24) is 5.43 Å². The van der Waals surface area contributed by atoms with Crippen molar-refractivity contribution in [2.45, 2.75) is 13.8 Å². The molecule has 0 aliphatic carbocycles. The van der Waals surface area contributed by atoms with Crippen LogP contribution in [0.1, 0.15) is 13.8 Å². The van der Waals surface area contributed by atoms with Gasteiger partial charge in [-0.2, -0.15) is 0 Å². The van der Waals surface area contributed by atoms with Crippen molar-refractivity contribution in [1.29, 1.82) is 0 Å². The summed E-state index contributed by atoms with van der Waals surface area (Å²) in [4.78, 5) is 11.6. The van der Waals surface area contributed by atoms with Crippen LogP contribution in [0.3, 0.4) is 0 Å². The Morgan fingerprint density at radius 3 is 2.28 bits per heavy atom. The highest BCUT2D eigenvalue weighted by molar-refractivity contribution is 14.1. The second-order valence-corrected chi connectivity index (χ2v) is 7.91. The van der Waals surface area contributed by atoms with Gasteiger partial charge in [-0.05, 0) is 93.8 Å². The molecule has 7 heteroatoms. The van der Waals surface area contributed by atoms with Crippen molar-refractivity contribution < 1.29 is 9.53 Å². The van der Waals surface area contributed by atoms with Gasteiger partial charge in [0.25, 0.3) is 0 Å². The second-order valence-electron chi connectivity index (χ2n) is 4.34. The molecule has 0 unspecified atom stereocenters. The number of ether oxygens (including phenoxy) is 1. The summed E-state index contributed by atoms with van der Waals surface area (Å²) in [6, 6.07) is 4.07. The van der Waals surface area contributed by atoms with Crippen molar-refractivity contribution >= 4 is 73.7 Å². The van der Waals surface area contributed by atoms with E-state index in [1.807, 2.05) is 12.1 Å². The molecule has 0 spiro atoms. The first-order chi connectivity index (χ1) is 8.27. The molecule has 0 aliphatic heterocycles. The van der Waals surface area contributed by atoms with Crippen LogP contribution in [0.4, 0.5) is 0 Å². The van der Waals surface area contributed by atoms with Crippen molar-refractivity contribution in [3.05, 3.63) is 22.8 Å². The van der Waals surface area contributed by atoms with Gasteiger partial charge >= 0.3 is 0 Å². The predicted molar refractivity (Wildman–Crippen MR) is 96.2 cm³/mol. The van der Waals surface area contributed by atoms with Crippen LogP contribution in [0.5, 0.6) is 5.75 Å². The van der Waals surface area contributed by atoms with Crippen molar-refractivity contribution in [3.63, 3.8) is 0 Å². The molecule has 1 rings (SSSR count). The lowest BCUT2D eigenvalue weighted by Gasteiger charge is -2.23. The molecule has 0 saturated carbocycles. The molecule has 0 aliphatic rings. The number of nitrogens with one attached hydrogen (secondary N) is 1. The molecule has 100 valence electrons. The fraction of sp³-hybridized carbons (Fsp3) is 0.364. The van der Waals surface area contributed by atoms with Crippen LogP contribution < -0.4 is 16.0 Å². The number of carbonyl (C=O) groups excluding carboxylic acids is 1. The molecule has 0 fully saturated rings. The summed E-state index contributed by atoms with van der Waals surface area (Å²) >= 11 is 6.72. The van der Waals surface area contributed by atoms with Crippen LogP contribution in [0, 0.1) is 16.1 Å². The maximum Gasteiger partial charge on any atom is 0.242 e. The molecule has 18 heavy (non-hydrogen) atoms. The number of carbonyl (C=O) groups is 1. The standard InChI is InChI=1S/C11H13I3N2O2/c1-11(2,10(17)16-15)5-18-9-7(13)3-6(12)4-8(9)14/h3-4H,5,15H2,1-2H3,(H,16,17). The minimum Gasteiger partial charge on any atom is -0.490 e. The Balaban J connectivity index is 2.84. The Kier molecular flexibility index (Phi) is 6.38. The molecular formula is C11H13I3N2O2. The van der Waals surface area contributed by atoms with Crippen molar-refractivity contribution in [2.24, 2.45) is 11.3 Å². The van der Waals surface area contributed by atoms with E-state index < -0.39 is 5.41 Å². The Bertz CT molecular complexity index is 441. The van der Waals surface area contributed by atoms with Crippen LogP contribution in [0.2, 0.25) is 0 Å². The van der Waals surface area contributed by atoms with Gasteiger partial charge in [-0.15, -0.1) is 0 Å². The Morgan fingerprint density at radius 2 is 1.83 bits per heavy atom. The molecule has 0 saturated heterocycles. The van der Waals surface area contributed by atoms with Crippen LogP contribution in [-0.4, -0.2) is 12.5 Å². The summed E-state index contributed by atoms with van der Waals surface area (Å²) in [7, 11) is 0. The average Bonchev–Trinajstić information content (AvgIpc) is 2.26. The van der Waals surface area contributed by atoms with Gasteiger partial charge in [0.2, 0.25) is 5.91 Å². The SMILES string of the molecule is CC(C)(COc1c(I)cc(I)cc1I)C(=O)NN. The van der Waals surface area contributed by atoms with E-state index in [-0.39, 0.29) is 12.5 Å². The van der Waals surface area contributed by atoms with Gasteiger partial charge in [0.15, 0.2) is 0 Å². The zero-order valence-corrected chi connectivity index (χ0v) is 16.4. The lowest BCUT2D eigenvalue weighted by molar-refractivity contribution is -0.130. The highest BCUT2D eigenvalue weighted by atomic mass is 127. The molecular weight excluding hydrogens is 573 g/mol. The van der Waals surface area contributed by atoms with E-state index in [0.29, 0.717) is 0 Å². The minimum atomic E-state index is -0.663. The van der Waals surface area contributed by atoms with Gasteiger partial charge in [-0.25, -0.2) is 5.84 Å². The molecule has 1 amide bonds. The molecule has 0 bridgehead atoms. The molecule has 1 aromatic carbocycles. The van der Waals surface area contributed by atoms with E-state index in [0.717, 1.165) is 16.5 Å². The number of nitrogens with two attached hydrogens (primary N) is 1. The third-order valence-electron chi connectivity index (χ3n) is 2.29. The minimum absolute atomic E-state index is 0.238. The zero-order chi connectivity index (χ0) is 13.9. The highest BCUT2D eigenvalue weighted by Gasteiger charge is 2.28. The number of amides is 1. The summed E-state index contributed by atoms with van der Waals surface area (Å²) in [5.74, 6) is 5.72. The number of halogens is 3. The summed E-state index contributed by atoms with van der Waals surface area (Å²) in [5, 5.41) is 0. The monoisotopic (exact) mass is 586 g/mol. The Hall–Kier alpha value is 0.640. The molecule has 4 nitrogen and oxygen atoms in total. The first-order valence-corrected chi connectivity index (χ1v) is 8.30. The van der Waals surface area contributed by atoms with E-state index in [2.05, 4.69) is 73.2 Å². The quantitative estimate of drug-likeness (QED) is 0.247. The topological polar surface area (TPSA) is 64.3 Å². The Morgan fingerprint density at radius 1 is 1.33 bits per heavy atom. The summed E-state index contributed by atoms with van der Waals surface area (Å²) in [6.07, 6.45) is 0. The molecule has 1 aromatic rings.